The number of ether oxygens (including phenoxy) is 2. The lowest BCUT2D eigenvalue weighted by molar-refractivity contribution is 0.0968. The number of amides is 1. The molecule has 1 atom stereocenters. The molecule has 0 spiro atoms. The lowest BCUT2D eigenvalue weighted by Crippen LogP contribution is -2.49. The summed E-state index contributed by atoms with van der Waals surface area (Å²) >= 11 is 0. The van der Waals surface area contributed by atoms with Crippen molar-refractivity contribution in [2.45, 2.75) is 24.5 Å². The van der Waals surface area contributed by atoms with Crippen LogP contribution < -0.4 is 24.0 Å². The predicted octanol–water partition coefficient (Wildman–Crippen LogP) is 8.96. The molecule has 0 bridgehead atoms. The van der Waals surface area contributed by atoms with Gasteiger partial charge in [0.15, 0.2) is 0 Å². The molecule has 8 nitrogen and oxygen atoms in total. The van der Waals surface area contributed by atoms with Crippen molar-refractivity contribution >= 4 is 33.0 Å². The fraction of sp³-hybridized carbons (Fsp3) is 0.0976. The molecule has 0 fully saturated rings. The van der Waals surface area contributed by atoms with Crippen molar-refractivity contribution in [3.05, 3.63) is 174 Å². The zero-order valence-corrected chi connectivity index (χ0v) is 28.4. The van der Waals surface area contributed by atoms with Crippen LogP contribution in [0, 0.1) is 6.92 Å². The van der Waals surface area contributed by atoms with E-state index in [4.69, 9.17) is 9.47 Å². The van der Waals surface area contributed by atoms with Crippen molar-refractivity contribution in [1.82, 2.24) is 0 Å². The molecule has 0 radical (unpaired) electrons. The normalized spacial score (nSPS) is 14.2. The number of sulfonamides is 1. The number of methoxy groups -OCH3 is 1. The fourth-order valence-corrected chi connectivity index (χ4v) is 7.15. The highest BCUT2D eigenvalue weighted by Crippen LogP contribution is 2.44. The number of fused-ring (bicyclic) bond motifs is 1. The van der Waals surface area contributed by atoms with E-state index in [9.17, 15) is 13.2 Å². The Balaban J connectivity index is 1.35. The van der Waals surface area contributed by atoms with Crippen LogP contribution in [0.3, 0.4) is 0 Å². The van der Waals surface area contributed by atoms with Gasteiger partial charge in [-0.1, -0.05) is 78.4 Å². The van der Waals surface area contributed by atoms with Crippen molar-refractivity contribution < 1.29 is 22.7 Å². The van der Waals surface area contributed by atoms with E-state index >= 15 is 0 Å². The molecule has 0 aliphatic carbocycles. The molecule has 1 N–H and O–H groups in total. The van der Waals surface area contributed by atoms with Gasteiger partial charge in [-0.25, -0.2) is 8.42 Å². The van der Waals surface area contributed by atoms with Gasteiger partial charge in [0.2, 0.25) is 0 Å². The first kappa shape index (κ1) is 32.5. The Morgan fingerprint density at radius 2 is 1.32 bits per heavy atom. The summed E-state index contributed by atoms with van der Waals surface area (Å²) in [5.74, 6) is 1.69. The quantitative estimate of drug-likeness (QED) is 0.155. The molecule has 250 valence electrons. The van der Waals surface area contributed by atoms with Gasteiger partial charge < -0.3 is 14.4 Å². The van der Waals surface area contributed by atoms with Crippen LogP contribution in [0.5, 0.6) is 17.2 Å². The van der Waals surface area contributed by atoms with Gasteiger partial charge in [0.05, 0.1) is 23.3 Å². The number of hydrogen-bond acceptors (Lipinski definition) is 6. The van der Waals surface area contributed by atoms with Crippen LogP contribution in [0.15, 0.2) is 157 Å². The van der Waals surface area contributed by atoms with Crippen LogP contribution in [-0.4, -0.2) is 21.4 Å². The number of carbonyl (C=O) groups is 1. The monoisotopic (exact) mass is 681 g/mol. The van der Waals surface area contributed by atoms with E-state index in [0.29, 0.717) is 35.1 Å². The van der Waals surface area contributed by atoms with Gasteiger partial charge in [-0.05, 0) is 96.9 Å². The van der Waals surface area contributed by atoms with E-state index in [0.717, 1.165) is 22.4 Å². The van der Waals surface area contributed by atoms with Crippen molar-refractivity contribution in [3.63, 3.8) is 0 Å². The highest BCUT2D eigenvalue weighted by molar-refractivity contribution is 7.92. The second-order valence-electron chi connectivity index (χ2n) is 12.0. The number of nitrogens with one attached hydrogen (secondary N) is 1. The molecule has 1 aliphatic heterocycles. The number of anilines is 3. The van der Waals surface area contributed by atoms with E-state index in [1.807, 2.05) is 116 Å². The molecule has 9 heteroatoms. The van der Waals surface area contributed by atoms with Crippen molar-refractivity contribution in [2.24, 2.45) is 0 Å². The minimum Gasteiger partial charge on any atom is -0.497 e. The topological polar surface area (TPSA) is 88.2 Å². The Bertz CT molecular complexity index is 2210. The highest BCUT2D eigenvalue weighted by Gasteiger charge is 2.40. The Labute approximate surface area is 292 Å². The van der Waals surface area contributed by atoms with Gasteiger partial charge in [0.25, 0.3) is 15.9 Å². The van der Waals surface area contributed by atoms with E-state index < -0.39 is 16.2 Å². The van der Waals surface area contributed by atoms with Crippen LogP contribution in [0.4, 0.5) is 17.1 Å². The molecule has 7 rings (SSSR count). The zero-order chi connectivity index (χ0) is 34.7. The number of para-hydroxylation sites is 1. The number of rotatable bonds is 10. The smallest absolute Gasteiger partial charge is 0.262 e. The lowest BCUT2D eigenvalue weighted by Gasteiger charge is -2.46. The first-order valence-electron chi connectivity index (χ1n) is 16.1. The zero-order valence-electron chi connectivity index (χ0n) is 27.6. The third-order valence-electron chi connectivity index (χ3n) is 8.58. The van der Waals surface area contributed by atoms with E-state index in [2.05, 4.69) is 9.62 Å². The minimum atomic E-state index is -4.02. The summed E-state index contributed by atoms with van der Waals surface area (Å²) in [6.45, 7) is 2.37. The van der Waals surface area contributed by atoms with E-state index in [-0.39, 0.29) is 16.4 Å². The highest BCUT2D eigenvalue weighted by atomic mass is 32.2. The Hall–Kier alpha value is -6.06. The van der Waals surface area contributed by atoms with Crippen LogP contribution >= 0.6 is 0 Å². The fourth-order valence-electron chi connectivity index (χ4n) is 6.07. The molecule has 50 heavy (non-hydrogen) atoms. The molecule has 1 amide bonds. The maximum Gasteiger partial charge on any atom is 0.262 e. The van der Waals surface area contributed by atoms with Crippen molar-refractivity contribution in [2.75, 3.05) is 21.6 Å². The average Bonchev–Trinajstić information content (AvgIpc) is 3.14. The predicted molar refractivity (Wildman–Crippen MR) is 197 cm³/mol. The van der Waals surface area contributed by atoms with E-state index in [1.54, 1.807) is 48.4 Å². The number of nitrogens with zero attached hydrogens (tertiary/aromatic N) is 2. The summed E-state index contributed by atoms with van der Waals surface area (Å²) in [5.41, 5.74) is 4.82. The number of aryl methyl sites for hydroxylation is 1. The summed E-state index contributed by atoms with van der Waals surface area (Å²) in [6.07, 6.45) is -0.595. The summed E-state index contributed by atoms with van der Waals surface area (Å²) in [7, 11) is -2.43. The number of carbonyl (C=O) groups excluding carboxylic acids is 1. The van der Waals surface area contributed by atoms with Crippen LogP contribution in [0.1, 0.15) is 33.2 Å². The van der Waals surface area contributed by atoms with Gasteiger partial charge in [-0.15, -0.1) is 0 Å². The standard InChI is InChI=1S/C41H35N3O5S/c1-29-13-17-32(18-14-29)42-50(46,47)37-25-26-39-38(27-37)41(45)44(33-19-23-34(48-2)24-20-33)40(43(39)28-30-9-5-3-6-10-30)31-15-21-36(22-16-31)49-35-11-7-4-8-12-35/h3-27,40,42H,28H2,1-2H3/t40-/m0/s1. The van der Waals surface area contributed by atoms with Crippen molar-refractivity contribution in [1.29, 1.82) is 0 Å². The maximum atomic E-state index is 14.8. The van der Waals surface area contributed by atoms with Crippen LogP contribution in [0.2, 0.25) is 0 Å². The largest absolute Gasteiger partial charge is 0.497 e. The van der Waals surface area contributed by atoms with Gasteiger partial charge >= 0.3 is 0 Å². The molecule has 1 aliphatic rings. The molecule has 0 unspecified atom stereocenters. The first-order chi connectivity index (χ1) is 24.3. The second-order valence-corrected chi connectivity index (χ2v) is 13.7. The second kappa shape index (κ2) is 13.8. The van der Waals surface area contributed by atoms with Crippen LogP contribution in [0.25, 0.3) is 0 Å². The van der Waals surface area contributed by atoms with Crippen molar-refractivity contribution in [3.8, 4) is 17.2 Å². The molecular formula is C41H35N3O5S. The number of benzene rings is 6. The molecule has 1 heterocycles. The Morgan fingerprint density at radius 3 is 1.98 bits per heavy atom. The van der Waals surface area contributed by atoms with Crippen LogP contribution in [-0.2, 0) is 16.6 Å². The molecule has 6 aromatic carbocycles. The summed E-state index contributed by atoms with van der Waals surface area (Å²) < 4.78 is 41.4. The summed E-state index contributed by atoms with van der Waals surface area (Å²) in [4.78, 5) is 18.6. The summed E-state index contributed by atoms with van der Waals surface area (Å²) in [6, 6.07) is 46.3. The molecular weight excluding hydrogens is 647 g/mol. The van der Waals surface area contributed by atoms with Gasteiger partial charge in [0.1, 0.15) is 23.4 Å². The molecule has 0 aromatic heterocycles. The third kappa shape index (κ3) is 6.76. The molecule has 0 saturated carbocycles. The molecule has 0 saturated heterocycles. The maximum absolute atomic E-state index is 14.8. The molecule has 6 aromatic rings. The Morgan fingerprint density at radius 1 is 0.700 bits per heavy atom. The first-order valence-corrected chi connectivity index (χ1v) is 17.6. The van der Waals surface area contributed by atoms with Gasteiger partial charge in [0, 0.05) is 17.9 Å². The SMILES string of the molecule is COc1ccc(N2C(=O)c3cc(S(=O)(=O)Nc4ccc(C)cc4)ccc3N(Cc3ccccc3)[C@@H]2c2ccc(Oc3ccccc3)cc2)cc1. The summed E-state index contributed by atoms with van der Waals surface area (Å²) in [5, 5.41) is 0. The minimum absolute atomic E-state index is 0.0135. The van der Waals surface area contributed by atoms with Gasteiger partial charge in [-0.3, -0.25) is 14.4 Å². The third-order valence-corrected chi connectivity index (χ3v) is 9.96. The van der Waals surface area contributed by atoms with Gasteiger partial charge in [-0.2, -0.15) is 0 Å². The Kier molecular flexibility index (Phi) is 8.98. The number of hydrogen-bond donors (Lipinski definition) is 1. The average molecular weight is 682 g/mol. The van der Waals surface area contributed by atoms with E-state index in [1.165, 1.54) is 6.07 Å². The lowest BCUT2D eigenvalue weighted by atomic mass is 9.99.